The summed E-state index contributed by atoms with van der Waals surface area (Å²) < 4.78 is 5.91. The molecule has 0 saturated heterocycles. The number of nitrogens with one attached hydrogen (secondary N) is 2. The Bertz CT molecular complexity index is 686. The number of ether oxygens (including phenoxy) is 1. The molecule has 1 fully saturated rings. The van der Waals surface area contributed by atoms with E-state index in [4.69, 9.17) is 21.4 Å². The summed E-state index contributed by atoms with van der Waals surface area (Å²) in [7, 11) is 0. The summed E-state index contributed by atoms with van der Waals surface area (Å²) in [6.45, 7) is 0.498. The van der Waals surface area contributed by atoms with E-state index in [9.17, 15) is 4.79 Å². The number of aromatic nitrogens is 4. The Kier molecular flexibility index (Phi) is 5.14. The Balaban J connectivity index is 1.61. The van der Waals surface area contributed by atoms with Crippen LogP contribution in [0.1, 0.15) is 25.7 Å². The van der Waals surface area contributed by atoms with Gasteiger partial charge >= 0.3 is 6.09 Å². The smallest absolute Gasteiger partial charge is 0.404 e. The van der Waals surface area contributed by atoms with Crippen LogP contribution >= 0.6 is 11.6 Å². The Morgan fingerprint density at radius 1 is 1.38 bits per heavy atom. The van der Waals surface area contributed by atoms with Crippen LogP contribution in [-0.4, -0.2) is 44.0 Å². The standard InChI is InChI=1S/C15H18ClN5O3/c16-14-13(12(17-8-18-14)10-5-19-20-6-10)24-7-9-1-3-11(4-2-9)21-15(22)23/h5-6,8-9,11,21H,1-4,7H2,(H,19,20)(H,22,23)/t9-,11+. The van der Waals surface area contributed by atoms with Gasteiger partial charge in [0.2, 0.25) is 0 Å². The van der Waals surface area contributed by atoms with Gasteiger partial charge in [-0.1, -0.05) is 11.6 Å². The van der Waals surface area contributed by atoms with Crippen molar-refractivity contribution in [2.45, 2.75) is 31.7 Å². The van der Waals surface area contributed by atoms with Gasteiger partial charge in [0.25, 0.3) is 0 Å². The third-order valence-corrected chi connectivity index (χ3v) is 4.44. The molecule has 8 nitrogen and oxygen atoms in total. The molecule has 0 unspecified atom stereocenters. The average molecular weight is 352 g/mol. The number of aromatic amines is 1. The van der Waals surface area contributed by atoms with E-state index in [0.717, 1.165) is 31.2 Å². The maximum atomic E-state index is 10.7. The number of carbonyl (C=O) groups is 1. The van der Waals surface area contributed by atoms with Crippen LogP contribution in [0.4, 0.5) is 4.79 Å². The topological polar surface area (TPSA) is 113 Å². The monoisotopic (exact) mass is 351 g/mol. The molecule has 3 N–H and O–H groups in total. The molecular formula is C15H18ClN5O3. The Hall–Kier alpha value is -2.35. The lowest BCUT2D eigenvalue weighted by Gasteiger charge is -2.28. The molecule has 0 bridgehead atoms. The van der Waals surface area contributed by atoms with Crippen LogP contribution in [-0.2, 0) is 0 Å². The van der Waals surface area contributed by atoms with Gasteiger partial charge in [-0.3, -0.25) is 5.10 Å². The zero-order valence-electron chi connectivity index (χ0n) is 12.9. The van der Waals surface area contributed by atoms with Gasteiger partial charge in [0.15, 0.2) is 10.9 Å². The molecule has 2 aromatic rings. The number of H-pyrrole nitrogens is 1. The lowest BCUT2D eigenvalue weighted by atomic mass is 9.86. The van der Waals surface area contributed by atoms with Gasteiger partial charge in [0, 0.05) is 17.8 Å². The summed E-state index contributed by atoms with van der Waals surface area (Å²) in [6.07, 6.45) is 7.21. The summed E-state index contributed by atoms with van der Waals surface area (Å²) in [5.41, 5.74) is 1.38. The van der Waals surface area contributed by atoms with Crippen LogP contribution in [0.5, 0.6) is 5.75 Å². The fraction of sp³-hybridized carbons (Fsp3) is 0.467. The highest BCUT2D eigenvalue weighted by atomic mass is 35.5. The van der Waals surface area contributed by atoms with Crippen molar-refractivity contribution in [3.8, 4) is 17.0 Å². The summed E-state index contributed by atoms with van der Waals surface area (Å²) in [4.78, 5) is 18.9. The Labute approximate surface area is 143 Å². The van der Waals surface area contributed by atoms with Gasteiger partial charge in [-0.15, -0.1) is 0 Å². The molecule has 0 aromatic carbocycles. The van der Waals surface area contributed by atoms with Gasteiger partial charge in [0.05, 0.1) is 12.8 Å². The number of rotatable bonds is 5. The molecule has 1 aliphatic rings. The summed E-state index contributed by atoms with van der Waals surface area (Å²) in [5.74, 6) is 0.802. The zero-order chi connectivity index (χ0) is 16.9. The van der Waals surface area contributed by atoms with Gasteiger partial charge in [-0.25, -0.2) is 14.8 Å². The third kappa shape index (κ3) is 3.94. The normalized spacial score (nSPS) is 20.5. The first-order valence-corrected chi connectivity index (χ1v) is 8.13. The average Bonchev–Trinajstić information content (AvgIpc) is 3.09. The molecule has 0 radical (unpaired) electrons. The molecular weight excluding hydrogens is 334 g/mol. The van der Waals surface area contributed by atoms with E-state index in [2.05, 4.69) is 25.5 Å². The predicted octanol–water partition coefficient (Wildman–Crippen LogP) is 2.73. The van der Waals surface area contributed by atoms with Crippen LogP contribution in [0.3, 0.4) is 0 Å². The second-order valence-corrected chi connectivity index (χ2v) is 6.17. The largest absolute Gasteiger partial charge is 0.488 e. The molecule has 0 aliphatic heterocycles. The van der Waals surface area contributed by atoms with Gasteiger partial charge < -0.3 is 15.2 Å². The first kappa shape index (κ1) is 16.5. The van der Waals surface area contributed by atoms with Crippen molar-refractivity contribution >= 4 is 17.7 Å². The second-order valence-electron chi connectivity index (χ2n) is 5.81. The van der Waals surface area contributed by atoms with E-state index in [1.165, 1.54) is 6.33 Å². The number of carboxylic acid groups (broad SMARTS) is 1. The van der Waals surface area contributed by atoms with E-state index in [0.29, 0.717) is 24.0 Å². The minimum absolute atomic E-state index is 0.0314. The Morgan fingerprint density at radius 3 is 2.83 bits per heavy atom. The minimum atomic E-state index is -0.965. The molecule has 1 amide bonds. The fourth-order valence-corrected chi connectivity index (χ4v) is 3.10. The van der Waals surface area contributed by atoms with E-state index < -0.39 is 6.09 Å². The van der Waals surface area contributed by atoms with Crippen molar-refractivity contribution in [3.05, 3.63) is 23.9 Å². The van der Waals surface area contributed by atoms with Crippen LogP contribution in [0, 0.1) is 5.92 Å². The van der Waals surface area contributed by atoms with E-state index >= 15 is 0 Å². The van der Waals surface area contributed by atoms with E-state index in [1.54, 1.807) is 12.4 Å². The fourth-order valence-electron chi connectivity index (χ4n) is 2.92. The van der Waals surface area contributed by atoms with E-state index in [1.807, 2.05) is 0 Å². The molecule has 9 heteroatoms. The molecule has 128 valence electrons. The summed E-state index contributed by atoms with van der Waals surface area (Å²) in [6, 6.07) is 0.0314. The molecule has 1 saturated carbocycles. The van der Waals surface area contributed by atoms with Crippen molar-refractivity contribution < 1.29 is 14.6 Å². The molecule has 2 heterocycles. The number of nitrogens with zero attached hydrogens (tertiary/aromatic N) is 3. The number of amides is 1. The van der Waals surface area contributed by atoms with Gasteiger partial charge in [0.1, 0.15) is 12.0 Å². The lowest BCUT2D eigenvalue weighted by molar-refractivity contribution is 0.169. The highest BCUT2D eigenvalue weighted by molar-refractivity contribution is 6.31. The zero-order valence-corrected chi connectivity index (χ0v) is 13.7. The highest BCUT2D eigenvalue weighted by Gasteiger charge is 2.24. The quantitative estimate of drug-likeness (QED) is 0.714. The van der Waals surface area contributed by atoms with Crippen molar-refractivity contribution in [3.63, 3.8) is 0 Å². The van der Waals surface area contributed by atoms with Gasteiger partial charge in [-0.2, -0.15) is 5.10 Å². The SMILES string of the molecule is O=C(O)N[C@H]1CC[C@@H](COc2c(Cl)ncnc2-c2cn[nH]c2)CC1. The van der Waals surface area contributed by atoms with Crippen molar-refractivity contribution in [2.24, 2.45) is 5.92 Å². The lowest BCUT2D eigenvalue weighted by Crippen LogP contribution is -2.37. The third-order valence-electron chi connectivity index (χ3n) is 4.17. The highest BCUT2D eigenvalue weighted by Crippen LogP contribution is 2.33. The van der Waals surface area contributed by atoms with Crippen LogP contribution in [0.15, 0.2) is 18.7 Å². The van der Waals surface area contributed by atoms with Crippen molar-refractivity contribution in [1.82, 2.24) is 25.5 Å². The second kappa shape index (κ2) is 7.48. The van der Waals surface area contributed by atoms with Gasteiger partial charge in [-0.05, 0) is 31.6 Å². The van der Waals surface area contributed by atoms with Crippen LogP contribution < -0.4 is 10.1 Å². The predicted molar refractivity (Wildman–Crippen MR) is 87.0 cm³/mol. The molecule has 24 heavy (non-hydrogen) atoms. The maximum Gasteiger partial charge on any atom is 0.404 e. The first-order chi connectivity index (χ1) is 11.6. The number of hydrogen-bond acceptors (Lipinski definition) is 5. The number of halogens is 1. The summed E-state index contributed by atoms with van der Waals surface area (Å²) >= 11 is 6.16. The molecule has 3 rings (SSSR count). The van der Waals surface area contributed by atoms with Crippen molar-refractivity contribution in [2.75, 3.05) is 6.61 Å². The minimum Gasteiger partial charge on any atom is -0.488 e. The van der Waals surface area contributed by atoms with Crippen LogP contribution in [0.25, 0.3) is 11.3 Å². The summed E-state index contributed by atoms with van der Waals surface area (Å²) in [5, 5.41) is 18.2. The van der Waals surface area contributed by atoms with Crippen LogP contribution in [0.2, 0.25) is 5.15 Å². The molecule has 0 atom stereocenters. The van der Waals surface area contributed by atoms with Crippen molar-refractivity contribution in [1.29, 1.82) is 0 Å². The number of hydrogen-bond donors (Lipinski definition) is 3. The molecule has 1 aliphatic carbocycles. The Morgan fingerprint density at radius 2 is 2.17 bits per heavy atom. The first-order valence-electron chi connectivity index (χ1n) is 7.75. The van der Waals surface area contributed by atoms with E-state index in [-0.39, 0.29) is 11.2 Å². The maximum absolute atomic E-state index is 10.7. The molecule has 0 spiro atoms. The molecule has 2 aromatic heterocycles.